The molecule has 0 spiro atoms. The van der Waals surface area contributed by atoms with Gasteiger partial charge in [-0.2, -0.15) is 5.10 Å². The summed E-state index contributed by atoms with van der Waals surface area (Å²) >= 11 is 0. The van der Waals surface area contributed by atoms with Crippen LogP contribution >= 0.6 is 0 Å². The van der Waals surface area contributed by atoms with Crippen LogP contribution < -0.4 is 5.56 Å². The molecule has 5 heteroatoms. The lowest BCUT2D eigenvalue weighted by molar-refractivity contribution is -0.145. The van der Waals surface area contributed by atoms with Gasteiger partial charge in [-0.25, -0.2) is 4.68 Å². The highest BCUT2D eigenvalue weighted by Gasteiger charge is 2.30. The Bertz CT molecular complexity index is 484. The van der Waals surface area contributed by atoms with E-state index in [0.717, 1.165) is 25.7 Å². The number of carbonyl (C=O) groups is 1. The molecule has 0 N–H and O–H groups in total. The Morgan fingerprint density at radius 1 is 1.47 bits per heavy atom. The van der Waals surface area contributed by atoms with Gasteiger partial charge in [0.1, 0.15) is 0 Å². The van der Waals surface area contributed by atoms with E-state index in [1.165, 1.54) is 10.7 Å². The maximum Gasteiger partial charge on any atom is 0.306 e. The van der Waals surface area contributed by atoms with Gasteiger partial charge in [0.25, 0.3) is 5.56 Å². The lowest BCUT2D eigenvalue weighted by atomic mass is 9.82. The molecule has 0 aromatic carbocycles. The molecule has 1 aromatic rings. The highest BCUT2D eigenvalue weighted by atomic mass is 16.5. The summed E-state index contributed by atoms with van der Waals surface area (Å²) in [6.45, 7) is 2.21. The van der Waals surface area contributed by atoms with E-state index in [2.05, 4.69) is 5.10 Å². The second-order valence-electron chi connectivity index (χ2n) is 4.93. The van der Waals surface area contributed by atoms with E-state index in [4.69, 9.17) is 4.74 Å². The number of esters is 1. The summed E-state index contributed by atoms with van der Waals surface area (Å²) in [6, 6.07) is 3.18. The zero-order chi connectivity index (χ0) is 13.7. The quantitative estimate of drug-likeness (QED) is 0.780. The molecular weight excluding hydrogens is 244 g/mol. The van der Waals surface area contributed by atoms with Crippen molar-refractivity contribution in [2.24, 2.45) is 5.92 Å². The maximum absolute atomic E-state index is 11.9. The summed E-state index contributed by atoms with van der Waals surface area (Å²) in [4.78, 5) is 23.5. The minimum absolute atomic E-state index is 0.0202. The normalized spacial score (nSPS) is 23.0. The summed E-state index contributed by atoms with van der Waals surface area (Å²) in [7, 11) is 0. The Balaban J connectivity index is 2.14. The Kier molecular flexibility index (Phi) is 4.71. The average molecular weight is 264 g/mol. The first-order valence-corrected chi connectivity index (χ1v) is 6.92. The third-order valence-corrected chi connectivity index (χ3v) is 3.66. The van der Waals surface area contributed by atoms with Gasteiger partial charge in [0.15, 0.2) is 0 Å². The number of hydrogen-bond donors (Lipinski definition) is 0. The molecule has 5 nitrogen and oxygen atoms in total. The molecule has 0 radical (unpaired) electrons. The summed E-state index contributed by atoms with van der Waals surface area (Å²) in [5.74, 6) is -0.0243. The van der Waals surface area contributed by atoms with Crippen molar-refractivity contribution in [3.8, 4) is 0 Å². The smallest absolute Gasteiger partial charge is 0.306 e. The van der Waals surface area contributed by atoms with Crippen LogP contribution in [0.25, 0.3) is 0 Å². The number of ether oxygens (including phenoxy) is 1. The van der Waals surface area contributed by atoms with E-state index in [-0.39, 0.29) is 23.5 Å². The number of carbonyl (C=O) groups excluding carboxylic acids is 1. The molecule has 19 heavy (non-hydrogen) atoms. The van der Waals surface area contributed by atoms with Gasteiger partial charge in [-0.3, -0.25) is 9.59 Å². The molecule has 1 aliphatic carbocycles. The molecule has 1 fully saturated rings. The fourth-order valence-electron chi connectivity index (χ4n) is 2.80. The van der Waals surface area contributed by atoms with Gasteiger partial charge in [-0.15, -0.1) is 0 Å². The van der Waals surface area contributed by atoms with Crippen LogP contribution in [0.4, 0.5) is 0 Å². The molecule has 1 aromatic heterocycles. The van der Waals surface area contributed by atoms with Crippen molar-refractivity contribution in [2.45, 2.75) is 45.1 Å². The monoisotopic (exact) mass is 264 g/mol. The summed E-state index contributed by atoms with van der Waals surface area (Å²) in [5.41, 5.74) is -0.0942. The van der Waals surface area contributed by atoms with Crippen LogP contribution in [-0.4, -0.2) is 22.4 Å². The van der Waals surface area contributed by atoms with E-state index in [9.17, 15) is 9.59 Å². The van der Waals surface area contributed by atoms with Crippen LogP contribution in [0.1, 0.15) is 45.1 Å². The number of aromatic nitrogens is 2. The summed E-state index contributed by atoms with van der Waals surface area (Å²) in [5, 5.41) is 4.16. The fraction of sp³-hybridized carbons (Fsp3) is 0.643. The fourth-order valence-corrected chi connectivity index (χ4v) is 2.80. The molecule has 104 valence electrons. The average Bonchev–Trinajstić information content (AvgIpc) is 2.40. The standard InChI is InChI=1S/C14H20N2O3/c1-2-19-14(18)10-11-6-3-4-7-12(11)16-13(17)8-5-9-15-16/h5,8-9,11-12H,2-4,6-7,10H2,1H3. The Morgan fingerprint density at radius 2 is 2.26 bits per heavy atom. The molecular formula is C14H20N2O3. The van der Waals surface area contributed by atoms with Crippen LogP contribution in [0.3, 0.4) is 0 Å². The largest absolute Gasteiger partial charge is 0.466 e. The van der Waals surface area contributed by atoms with Crippen LogP contribution in [0.2, 0.25) is 0 Å². The molecule has 2 unspecified atom stereocenters. The lowest BCUT2D eigenvalue weighted by Gasteiger charge is -2.31. The second kappa shape index (κ2) is 6.50. The van der Waals surface area contributed by atoms with Gasteiger partial charge in [0.05, 0.1) is 19.1 Å². The zero-order valence-electron chi connectivity index (χ0n) is 11.2. The first kappa shape index (κ1) is 13.8. The molecule has 1 saturated carbocycles. The van der Waals surface area contributed by atoms with Gasteiger partial charge < -0.3 is 4.74 Å². The van der Waals surface area contributed by atoms with E-state index in [0.29, 0.717) is 13.0 Å². The SMILES string of the molecule is CCOC(=O)CC1CCCCC1n1ncccc1=O. The first-order chi connectivity index (χ1) is 9.22. The highest BCUT2D eigenvalue weighted by Crippen LogP contribution is 2.34. The van der Waals surface area contributed by atoms with Crippen LogP contribution in [-0.2, 0) is 9.53 Å². The third kappa shape index (κ3) is 3.43. The predicted molar refractivity (Wildman–Crippen MR) is 70.7 cm³/mol. The van der Waals surface area contributed by atoms with E-state index >= 15 is 0 Å². The predicted octanol–water partition coefficient (Wildman–Crippen LogP) is 1.93. The molecule has 0 amide bonds. The van der Waals surface area contributed by atoms with Crippen molar-refractivity contribution in [3.05, 3.63) is 28.7 Å². The molecule has 0 bridgehead atoms. The summed E-state index contributed by atoms with van der Waals surface area (Å²) in [6.07, 6.45) is 6.03. The van der Waals surface area contributed by atoms with Crippen molar-refractivity contribution >= 4 is 5.97 Å². The van der Waals surface area contributed by atoms with Crippen molar-refractivity contribution < 1.29 is 9.53 Å². The third-order valence-electron chi connectivity index (χ3n) is 3.66. The number of nitrogens with zero attached hydrogens (tertiary/aromatic N) is 2. The molecule has 1 heterocycles. The van der Waals surface area contributed by atoms with Gasteiger partial charge in [0.2, 0.25) is 0 Å². The minimum Gasteiger partial charge on any atom is -0.466 e. The zero-order valence-corrected chi connectivity index (χ0v) is 11.2. The van der Waals surface area contributed by atoms with Crippen molar-refractivity contribution in [2.75, 3.05) is 6.61 Å². The van der Waals surface area contributed by atoms with E-state index in [1.54, 1.807) is 19.2 Å². The van der Waals surface area contributed by atoms with Gasteiger partial charge in [-0.05, 0) is 31.7 Å². The Hall–Kier alpha value is -1.65. The molecule has 2 rings (SSSR count). The Labute approximate surface area is 112 Å². The highest BCUT2D eigenvalue weighted by molar-refractivity contribution is 5.69. The summed E-state index contributed by atoms with van der Waals surface area (Å²) < 4.78 is 6.54. The van der Waals surface area contributed by atoms with Crippen LogP contribution in [0.15, 0.2) is 23.1 Å². The van der Waals surface area contributed by atoms with E-state index < -0.39 is 0 Å². The molecule has 1 aliphatic rings. The van der Waals surface area contributed by atoms with Crippen molar-refractivity contribution in [1.82, 2.24) is 9.78 Å². The van der Waals surface area contributed by atoms with E-state index in [1.807, 2.05) is 0 Å². The van der Waals surface area contributed by atoms with Crippen molar-refractivity contribution in [1.29, 1.82) is 0 Å². The van der Waals surface area contributed by atoms with Crippen molar-refractivity contribution in [3.63, 3.8) is 0 Å². The number of rotatable bonds is 4. The Morgan fingerprint density at radius 3 is 3.00 bits per heavy atom. The minimum atomic E-state index is -0.177. The van der Waals surface area contributed by atoms with Gasteiger partial charge in [-0.1, -0.05) is 12.8 Å². The first-order valence-electron chi connectivity index (χ1n) is 6.92. The molecule has 0 saturated heterocycles. The number of hydrogen-bond acceptors (Lipinski definition) is 4. The molecule has 2 atom stereocenters. The van der Waals surface area contributed by atoms with Gasteiger partial charge in [0, 0.05) is 12.3 Å². The topological polar surface area (TPSA) is 61.2 Å². The van der Waals surface area contributed by atoms with Crippen LogP contribution in [0.5, 0.6) is 0 Å². The van der Waals surface area contributed by atoms with Crippen LogP contribution in [0, 0.1) is 5.92 Å². The lowest BCUT2D eigenvalue weighted by Crippen LogP contribution is -2.34. The van der Waals surface area contributed by atoms with Gasteiger partial charge >= 0.3 is 5.97 Å². The second-order valence-corrected chi connectivity index (χ2v) is 4.93. The maximum atomic E-state index is 11.9. The molecule has 0 aliphatic heterocycles.